The van der Waals surface area contributed by atoms with Gasteiger partial charge in [-0.25, -0.2) is 4.39 Å². The largest absolute Gasteiger partial charge is 0.492 e. The molecule has 0 amide bonds. The standard InChI is InChI=1S/C12H9BBrFO2/c14-10-7-6-9(8-4-2-1-3-5-8)12(15)11(10)13(16)17/h1-7,16-17H. The summed E-state index contributed by atoms with van der Waals surface area (Å²) < 4.78 is 14.5. The second-order valence-corrected chi connectivity index (χ2v) is 4.42. The first-order chi connectivity index (χ1) is 8.11. The fourth-order valence-corrected chi connectivity index (χ4v) is 2.16. The highest BCUT2D eigenvalue weighted by Crippen LogP contribution is 2.24. The SMILES string of the molecule is OB(O)c1c(Br)ccc(-c2ccccc2)c1F. The highest BCUT2D eigenvalue weighted by Gasteiger charge is 2.22. The summed E-state index contributed by atoms with van der Waals surface area (Å²) in [6.07, 6.45) is 0. The average Bonchev–Trinajstić information content (AvgIpc) is 2.30. The lowest BCUT2D eigenvalue weighted by atomic mass is 9.78. The summed E-state index contributed by atoms with van der Waals surface area (Å²) >= 11 is 3.09. The van der Waals surface area contributed by atoms with Crippen molar-refractivity contribution in [3.63, 3.8) is 0 Å². The molecule has 0 saturated heterocycles. The zero-order valence-corrected chi connectivity index (χ0v) is 10.4. The number of rotatable bonds is 2. The molecule has 5 heteroatoms. The van der Waals surface area contributed by atoms with E-state index in [-0.39, 0.29) is 5.46 Å². The number of hydrogen-bond donors (Lipinski definition) is 2. The Balaban J connectivity index is 2.62. The Kier molecular flexibility index (Phi) is 3.62. The summed E-state index contributed by atoms with van der Waals surface area (Å²) in [4.78, 5) is 0. The van der Waals surface area contributed by atoms with Crippen LogP contribution in [0, 0.1) is 5.82 Å². The van der Waals surface area contributed by atoms with Crippen LogP contribution in [0.2, 0.25) is 0 Å². The van der Waals surface area contributed by atoms with Gasteiger partial charge in [0.05, 0.1) is 0 Å². The molecule has 0 aliphatic carbocycles. The van der Waals surface area contributed by atoms with E-state index in [1.807, 2.05) is 6.07 Å². The summed E-state index contributed by atoms with van der Waals surface area (Å²) in [5.41, 5.74) is 0.891. The van der Waals surface area contributed by atoms with Crippen LogP contribution in [0.4, 0.5) is 4.39 Å². The zero-order valence-electron chi connectivity index (χ0n) is 8.77. The Labute approximate surface area is 107 Å². The lowest BCUT2D eigenvalue weighted by Crippen LogP contribution is -2.34. The Bertz CT molecular complexity index is 532. The highest BCUT2D eigenvalue weighted by molar-refractivity contribution is 9.10. The molecule has 0 radical (unpaired) electrons. The molecule has 2 nitrogen and oxygen atoms in total. The summed E-state index contributed by atoms with van der Waals surface area (Å²) in [6.45, 7) is 0. The van der Waals surface area contributed by atoms with Crippen molar-refractivity contribution >= 4 is 28.5 Å². The van der Waals surface area contributed by atoms with Gasteiger partial charge in [0.1, 0.15) is 5.82 Å². The Morgan fingerprint density at radius 1 is 1.00 bits per heavy atom. The van der Waals surface area contributed by atoms with Crippen molar-refractivity contribution in [3.8, 4) is 11.1 Å². The predicted octanol–water partition coefficient (Wildman–Crippen LogP) is 1.93. The van der Waals surface area contributed by atoms with Crippen LogP contribution in [0.3, 0.4) is 0 Å². The van der Waals surface area contributed by atoms with Gasteiger partial charge in [0, 0.05) is 15.5 Å². The van der Waals surface area contributed by atoms with E-state index in [0.29, 0.717) is 15.6 Å². The molecule has 2 aromatic rings. The van der Waals surface area contributed by atoms with E-state index in [2.05, 4.69) is 15.9 Å². The van der Waals surface area contributed by atoms with E-state index < -0.39 is 12.9 Å². The second-order valence-electron chi connectivity index (χ2n) is 3.56. The molecular weight excluding hydrogens is 286 g/mol. The normalized spacial score (nSPS) is 10.4. The summed E-state index contributed by atoms with van der Waals surface area (Å²) in [5, 5.41) is 18.3. The summed E-state index contributed by atoms with van der Waals surface area (Å²) in [6, 6.07) is 12.2. The molecule has 0 aliphatic rings. The molecule has 0 spiro atoms. The van der Waals surface area contributed by atoms with Gasteiger partial charge in [-0.15, -0.1) is 0 Å². The second kappa shape index (κ2) is 5.00. The van der Waals surface area contributed by atoms with Crippen molar-refractivity contribution < 1.29 is 14.4 Å². The lowest BCUT2D eigenvalue weighted by molar-refractivity contribution is 0.423. The number of benzene rings is 2. The minimum Gasteiger partial charge on any atom is -0.423 e. The minimum absolute atomic E-state index is 0.147. The van der Waals surface area contributed by atoms with Crippen molar-refractivity contribution in [2.75, 3.05) is 0 Å². The Hall–Kier alpha value is -1.17. The van der Waals surface area contributed by atoms with Crippen LogP contribution in [0.5, 0.6) is 0 Å². The van der Waals surface area contributed by atoms with E-state index >= 15 is 0 Å². The summed E-state index contributed by atoms with van der Waals surface area (Å²) in [5.74, 6) is -0.624. The van der Waals surface area contributed by atoms with Crippen LogP contribution in [0.15, 0.2) is 46.9 Å². The zero-order chi connectivity index (χ0) is 12.4. The van der Waals surface area contributed by atoms with Crippen LogP contribution in [-0.2, 0) is 0 Å². The molecule has 0 saturated carbocycles. The van der Waals surface area contributed by atoms with Crippen molar-refractivity contribution in [2.24, 2.45) is 0 Å². The van der Waals surface area contributed by atoms with E-state index in [1.54, 1.807) is 36.4 Å². The monoisotopic (exact) mass is 294 g/mol. The predicted molar refractivity (Wildman–Crippen MR) is 69.4 cm³/mol. The Morgan fingerprint density at radius 2 is 1.65 bits per heavy atom. The molecule has 0 bridgehead atoms. The molecular formula is C12H9BBrFO2. The third-order valence-electron chi connectivity index (χ3n) is 2.47. The van der Waals surface area contributed by atoms with Crippen LogP contribution >= 0.6 is 15.9 Å². The van der Waals surface area contributed by atoms with Crippen LogP contribution in [0.25, 0.3) is 11.1 Å². The fraction of sp³-hybridized carbons (Fsp3) is 0. The first kappa shape index (κ1) is 12.3. The smallest absolute Gasteiger partial charge is 0.423 e. The lowest BCUT2D eigenvalue weighted by Gasteiger charge is -2.10. The maximum absolute atomic E-state index is 14.1. The highest BCUT2D eigenvalue weighted by atomic mass is 79.9. The quantitative estimate of drug-likeness (QED) is 0.831. The third-order valence-corrected chi connectivity index (χ3v) is 3.16. The van der Waals surface area contributed by atoms with Gasteiger partial charge in [0.15, 0.2) is 0 Å². The van der Waals surface area contributed by atoms with Crippen molar-refractivity contribution in [2.45, 2.75) is 0 Å². The van der Waals surface area contributed by atoms with Crippen LogP contribution in [-0.4, -0.2) is 17.2 Å². The molecule has 2 N–H and O–H groups in total. The van der Waals surface area contributed by atoms with Gasteiger partial charge in [-0.05, 0) is 11.6 Å². The first-order valence-corrected chi connectivity index (χ1v) is 5.80. The van der Waals surface area contributed by atoms with Crippen LogP contribution < -0.4 is 5.46 Å². The molecule has 0 aliphatic heterocycles. The number of hydrogen-bond acceptors (Lipinski definition) is 2. The molecule has 0 aromatic heterocycles. The third kappa shape index (κ3) is 2.41. The minimum atomic E-state index is -1.84. The van der Waals surface area contributed by atoms with Crippen LogP contribution in [0.1, 0.15) is 0 Å². The molecule has 86 valence electrons. The molecule has 0 heterocycles. The van der Waals surface area contributed by atoms with E-state index in [9.17, 15) is 4.39 Å². The van der Waals surface area contributed by atoms with E-state index in [4.69, 9.17) is 10.0 Å². The number of halogens is 2. The molecule has 17 heavy (non-hydrogen) atoms. The van der Waals surface area contributed by atoms with Gasteiger partial charge in [-0.2, -0.15) is 0 Å². The topological polar surface area (TPSA) is 40.5 Å². The van der Waals surface area contributed by atoms with Gasteiger partial charge >= 0.3 is 7.12 Å². The molecule has 0 fully saturated rings. The van der Waals surface area contributed by atoms with Crippen molar-refractivity contribution in [1.29, 1.82) is 0 Å². The van der Waals surface area contributed by atoms with Gasteiger partial charge < -0.3 is 10.0 Å². The summed E-state index contributed by atoms with van der Waals surface area (Å²) in [7, 11) is -1.84. The maximum atomic E-state index is 14.1. The molecule has 0 atom stereocenters. The maximum Gasteiger partial charge on any atom is 0.492 e. The van der Waals surface area contributed by atoms with Gasteiger partial charge in [0.2, 0.25) is 0 Å². The van der Waals surface area contributed by atoms with E-state index in [1.165, 1.54) is 0 Å². The average molecular weight is 295 g/mol. The molecule has 0 unspecified atom stereocenters. The van der Waals surface area contributed by atoms with Crippen molar-refractivity contribution in [3.05, 3.63) is 52.8 Å². The Morgan fingerprint density at radius 3 is 2.24 bits per heavy atom. The molecule has 2 aromatic carbocycles. The molecule has 2 rings (SSSR count). The van der Waals surface area contributed by atoms with Crippen molar-refractivity contribution in [1.82, 2.24) is 0 Å². The van der Waals surface area contributed by atoms with E-state index in [0.717, 1.165) is 0 Å². The van der Waals surface area contributed by atoms with Gasteiger partial charge in [-0.1, -0.05) is 52.3 Å². The first-order valence-electron chi connectivity index (χ1n) is 5.00. The fourth-order valence-electron chi connectivity index (χ4n) is 1.65. The van der Waals surface area contributed by atoms with Gasteiger partial charge in [0.25, 0.3) is 0 Å². The van der Waals surface area contributed by atoms with Gasteiger partial charge in [-0.3, -0.25) is 0 Å².